The number of hydrogen-bond acceptors (Lipinski definition) is 2. The zero-order valence-electron chi connectivity index (χ0n) is 10.2. The summed E-state index contributed by atoms with van der Waals surface area (Å²) >= 11 is 0. The lowest BCUT2D eigenvalue weighted by Gasteiger charge is -2.21. The van der Waals surface area contributed by atoms with Crippen LogP contribution in [0.25, 0.3) is 0 Å². The van der Waals surface area contributed by atoms with Gasteiger partial charge in [-0.2, -0.15) is 0 Å². The van der Waals surface area contributed by atoms with Gasteiger partial charge in [-0.25, -0.2) is 0 Å². The number of carbonyl (C=O) groups is 1. The van der Waals surface area contributed by atoms with Crippen molar-refractivity contribution in [3.8, 4) is 0 Å². The van der Waals surface area contributed by atoms with Crippen molar-refractivity contribution in [3.05, 3.63) is 0 Å². The molecule has 16 heavy (non-hydrogen) atoms. The van der Waals surface area contributed by atoms with Crippen LogP contribution >= 0.6 is 12.4 Å². The van der Waals surface area contributed by atoms with Crippen molar-refractivity contribution in [3.63, 3.8) is 0 Å². The molecule has 1 amide bonds. The van der Waals surface area contributed by atoms with Gasteiger partial charge in [0, 0.05) is 18.5 Å². The maximum absolute atomic E-state index is 11.5. The third-order valence-corrected chi connectivity index (χ3v) is 2.98. The van der Waals surface area contributed by atoms with Gasteiger partial charge in [-0.15, -0.1) is 12.4 Å². The van der Waals surface area contributed by atoms with E-state index < -0.39 is 0 Å². The van der Waals surface area contributed by atoms with Gasteiger partial charge in [-0.3, -0.25) is 4.79 Å². The SMILES string of the molecule is CC(N)CC(=O)NC1CCCCCCC1.Cl. The standard InChI is InChI=1S/C12H24N2O.ClH/c1-10(13)9-12(15)14-11-7-5-3-2-4-6-8-11;/h10-11H,2-9,13H2,1H3,(H,14,15);1H. The molecule has 0 aromatic rings. The van der Waals surface area contributed by atoms with Gasteiger partial charge in [0.15, 0.2) is 0 Å². The van der Waals surface area contributed by atoms with Gasteiger partial charge in [-0.05, 0) is 19.8 Å². The van der Waals surface area contributed by atoms with Gasteiger partial charge in [0.25, 0.3) is 0 Å². The van der Waals surface area contributed by atoms with Crippen molar-refractivity contribution in [2.75, 3.05) is 0 Å². The first-order chi connectivity index (χ1) is 7.18. The molecule has 1 fully saturated rings. The summed E-state index contributed by atoms with van der Waals surface area (Å²) in [5, 5.41) is 3.10. The number of rotatable bonds is 3. The van der Waals surface area contributed by atoms with Crippen LogP contribution in [-0.4, -0.2) is 18.0 Å². The van der Waals surface area contributed by atoms with Gasteiger partial charge >= 0.3 is 0 Å². The van der Waals surface area contributed by atoms with Crippen LogP contribution in [0.15, 0.2) is 0 Å². The summed E-state index contributed by atoms with van der Waals surface area (Å²) in [6.07, 6.45) is 9.25. The molecule has 1 atom stereocenters. The van der Waals surface area contributed by atoms with Crippen molar-refractivity contribution in [1.29, 1.82) is 0 Å². The largest absolute Gasteiger partial charge is 0.353 e. The first-order valence-electron chi connectivity index (χ1n) is 6.23. The fourth-order valence-electron chi connectivity index (χ4n) is 2.18. The summed E-state index contributed by atoms with van der Waals surface area (Å²) in [4.78, 5) is 11.5. The minimum Gasteiger partial charge on any atom is -0.353 e. The smallest absolute Gasteiger partial charge is 0.221 e. The minimum atomic E-state index is -0.0291. The summed E-state index contributed by atoms with van der Waals surface area (Å²) in [6.45, 7) is 1.87. The summed E-state index contributed by atoms with van der Waals surface area (Å²) in [5.74, 6) is 0.121. The number of amides is 1. The number of halogens is 1. The first-order valence-corrected chi connectivity index (χ1v) is 6.23. The normalized spacial score (nSPS) is 20.1. The predicted octanol–water partition coefficient (Wildman–Crippen LogP) is 2.37. The van der Waals surface area contributed by atoms with Crippen molar-refractivity contribution in [1.82, 2.24) is 5.32 Å². The highest BCUT2D eigenvalue weighted by Gasteiger charge is 2.14. The summed E-state index contributed by atoms with van der Waals surface area (Å²) in [7, 11) is 0. The Hall–Kier alpha value is -0.280. The summed E-state index contributed by atoms with van der Waals surface area (Å²) in [6, 6.07) is 0.370. The van der Waals surface area contributed by atoms with Crippen LogP contribution < -0.4 is 11.1 Å². The number of nitrogens with one attached hydrogen (secondary N) is 1. The van der Waals surface area contributed by atoms with E-state index >= 15 is 0 Å². The molecule has 1 rings (SSSR count). The van der Waals surface area contributed by atoms with Gasteiger partial charge in [-0.1, -0.05) is 32.1 Å². The lowest BCUT2D eigenvalue weighted by Crippen LogP contribution is -2.37. The van der Waals surface area contributed by atoms with Gasteiger partial charge in [0.2, 0.25) is 5.91 Å². The van der Waals surface area contributed by atoms with Crippen molar-refractivity contribution in [2.24, 2.45) is 5.73 Å². The van der Waals surface area contributed by atoms with E-state index in [1.54, 1.807) is 0 Å². The molecule has 0 spiro atoms. The molecule has 1 saturated carbocycles. The predicted molar refractivity (Wildman–Crippen MR) is 69.8 cm³/mol. The highest BCUT2D eigenvalue weighted by molar-refractivity contribution is 5.85. The van der Waals surface area contributed by atoms with Gasteiger partial charge in [0.05, 0.1) is 0 Å². The zero-order chi connectivity index (χ0) is 11.1. The zero-order valence-corrected chi connectivity index (χ0v) is 11.0. The highest BCUT2D eigenvalue weighted by Crippen LogP contribution is 2.17. The number of nitrogens with two attached hydrogens (primary N) is 1. The Balaban J connectivity index is 0.00000225. The average molecular weight is 249 g/mol. The molecule has 0 heterocycles. The Morgan fingerprint density at radius 2 is 1.75 bits per heavy atom. The van der Waals surface area contributed by atoms with E-state index in [-0.39, 0.29) is 24.4 Å². The third-order valence-electron chi connectivity index (χ3n) is 2.98. The first kappa shape index (κ1) is 15.7. The van der Waals surface area contributed by atoms with E-state index in [4.69, 9.17) is 5.73 Å². The maximum Gasteiger partial charge on any atom is 0.221 e. The van der Waals surface area contributed by atoms with Crippen LogP contribution in [0, 0.1) is 0 Å². The van der Waals surface area contributed by atoms with Crippen LogP contribution in [-0.2, 0) is 4.79 Å². The molecule has 1 aliphatic carbocycles. The molecule has 4 heteroatoms. The molecule has 0 radical (unpaired) electrons. The van der Waals surface area contributed by atoms with E-state index in [0.717, 1.165) is 12.8 Å². The molecule has 0 bridgehead atoms. The topological polar surface area (TPSA) is 55.1 Å². The monoisotopic (exact) mass is 248 g/mol. The Bertz CT molecular complexity index is 189. The van der Waals surface area contributed by atoms with Crippen LogP contribution in [0.4, 0.5) is 0 Å². The maximum atomic E-state index is 11.5. The molecule has 0 aromatic heterocycles. The molecular formula is C12H25ClN2O. The third kappa shape index (κ3) is 7.07. The van der Waals surface area contributed by atoms with Crippen LogP contribution in [0.5, 0.6) is 0 Å². The van der Waals surface area contributed by atoms with Gasteiger partial charge in [0.1, 0.15) is 0 Å². The van der Waals surface area contributed by atoms with Crippen LogP contribution in [0.2, 0.25) is 0 Å². The van der Waals surface area contributed by atoms with E-state index in [9.17, 15) is 4.79 Å². The molecule has 0 saturated heterocycles. The highest BCUT2D eigenvalue weighted by atomic mass is 35.5. The Labute approximate surface area is 105 Å². The Kier molecular flexibility index (Phi) is 8.67. The van der Waals surface area contributed by atoms with Crippen molar-refractivity contribution in [2.45, 2.75) is 70.4 Å². The van der Waals surface area contributed by atoms with Gasteiger partial charge < -0.3 is 11.1 Å². The number of hydrogen-bond donors (Lipinski definition) is 2. The van der Waals surface area contributed by atoms with Crippen LogP contribution in [0.1, 0.15) is 58.3 Å². The molecule has 3 N–H and O–H groups in total. The van der Waals surface area contributed by atoms with Crippen molar-refractivity contribution < 1.29 is 4.79 Å². The summed E-state index contributed by atoms with van der Waals surface area (Å²) in [5.41, 5.74) is 5.59. The average Bonchev–Trinajstić information content (AvgIpc) is 2.08. The van der Waals surface area contributed by atoms with E-state index in [2.05, 4.69) is 5.32 Å². The number of carbonyl (C=O) groups excluding carboxylic acids is 1. The molecule has 1 aliphatic rings. The Morgan fingerprint density at radius 3 is 2.25 bits per heavy atom. The minimum absolute atomic E-state index is 0. The molecule has 0 aliphatic heterocycles. The molecule has 1 unspecified atom stereocenters. The lowest BCUT2D eigenvalue weighted by atomic mass is 9.96. The Morgan fingerprint density at radius 1 is 1.25 bits per heavy atom. The van der Waals surface area contributed by atoms with E-state index in [0.29, 0.717) is 12.5 Å². The second-order valence-electron chi connectivity index (χ2n) is 4.79. The van der Waals surface area contributed by atoms with Crippen molar-refractivity contribution >= 4 is 18.3 Å². The molecule has 3 nitrogen and oxygen atoms in total. The summed E-state index contributed by atoms with van der Waals surface area (Å²) < 4.78 is 0. The van der Waals surface area contributed by atoms with Crippen LogP contribution in [0.3, 0.4) is 0 Å². The fourth-order valence-corrected chi connectivity index (χ4v) is 2.18. The second kappa shape index (κ2) is 8.82. The lowest BCUT2D eigenvalue weighted by molar-refractivity contribution is -0.122. The molecule has 0 aromatic carbocycles. The molecule has 96 valence electrons. The molecular weight excluding hydrogens is 224 g/mol. The fraction of sp³-hybridized carbons (Fsp3) is 0.917. The second-order valence-corrected chi connectivity index (χ2v) is 4.79. The van der Waals surface area contributed by atoms with E-state index in [1.807, 2.05) is 6.92 Å². The van der Waals surface area contributed by atoms with E-state index in [1.165, 1.54) is 32.1 Å². The quantitative estimate of drug-likeness (QED) is 0.806.